The van der Waals surface area contributed by atoms with Gasteiger partial charge in [-0.25, -0.2) is 0 Å². The molecule has 0 unspecified atom stereocenters. The van der Waals surface area contributed by atoms with Crippen LogP contribution in [-0.4, -0.2) is 25.1 Å². The average molecular weight is 490 g/mol. The van der Waals surface area contributed by atoms with Crippen molar-refractivity contribution in [2.24, 2.45) is 0 Å². The van der Waals surface area contributed by atoms with Crippen LogP contribution in [0.3, 0.4) is 0 Å². The summed E-state index contributed by atoms with van der Waals surface area (Å²) in [6.07, 6.45) is 25.4. The SMILES string of the molecule is C=CC1=Cc2cccnc2C=C/C1=C\c1ccc2c(/C=C3\C=Cc4ncccc4C=C3C=C)nnc-2cn1. The van der Waals surface area contributed by atoms with E-state index >= 15 is 0 Å². The molecule has 5 nitrogen and oxygen atoms in total. The van der Waals surface area contributed by atoms with Crippen molar-refractivity contribution in [3.05, 3.63) is 149 Å². The van der Waals surface area contributed by atoms with E-state index in [1.54, 1.807) is 18.6 Å². The number of aromatic nitrogens is 5. The number of hydrogen-bond donors (Lipinski definition) is 0. The van der Waals surface area contributed by atoms with Crippen molar-refractivity contribution in [3.63, 3.8) is 0 Å². The summed E-state index contributed by atoms with van der Waals surface area (Å²) in [5, 5.41) is 8.83. The van der Waals surface area contributed by atoms with Gasteiger partial charge in [-0.2, -0.15) is 0 Å². The lowest BCUT2D eigenvalue weighted by Crippen LogP contribution is -1.85. The summed E-state index contributed by atoms with van der Waals surface area (Å²) >= 11 is 0. The Labute approximate surface area is 221 Å². The van der Waals surface area contributed by atoms with E-state index in [9.17, 15) is 0 Å². The summed E-state index contributed by atoms with van der Waals surface area (Å²) in [4.78, 5) is 13.6. The normalized spacial score (nSPS) is 16.3. The Morgan fingerprint density at radius 1 is 0.632 bits per heavy atom. The zero-order valence-electron chi connectivity index (χ0n) is 20.6. The number of pyridine rings is 2. The summed E-state index contributed by atoms with van der Waals surface area (Å²) in [5.41, 5.74) is 11.1. The molecule has 0 fully saturated rings. The molecule has 0 N–H and O–H groups in total. The third kappa shape index (κ3) is 4.49. The molecule has 0 saturated heterocycles. The smallest absolute Gasteiger partial charge is 0.113 e. The van der Waals surface area contributed by atoms with Gasteiger partial charge in [-0.1, -0.05) is 49.6 Å². The molecule has 0 saturated carbocycles. The fourth-order valence-electron chi connectivity index (χ4n) is 4.49. The van der Waals surface area contributed by atoms with Crippen molar-refractivity contribution >= 4 is 36.5 Å². The van der Waals surface area contributed by atoms with Gasteiger partial charge in [-0.15, -0.1) is 10.2 Å². The van der Waals surface area contributed by atoms with Crippen LogP contribution in [0.15, 0.2) is 115 Å². The largest absolute Gasteiger partial charge is 0.256 e. The van der Waals surface area contributed by atoms with Crippen molar-refractivity contribution in [2.45, 2.75) is 0 Å². The van der Waals surface area contributed by atoms with Gasteiger partial charge in [0.15, 0.2) is 0 Å². The molecule has 2 aliphatic carbocycles. The maximum Gasteiger partial charge on any atom is 0.113 e. The van der Waals surface area contributed by atoms with Crippen LogP contribution >= 0.6 is 0 Å². The summed E-state index contributed by atoms with van der Waals surface area (Å²) in [6, 6.07) is 12.0. The van der Waals surface area contributed by atoms with Gasteiger partial charge < -0.3 is 0 Å². The highest BCUT2D eigenvalue weighted by molar-refractivity contribution is 5.83. The Morgan fingerprint density at radius 2 is 1.26 bits per heavy atom. The highest BCUT2D eigenvalue weighted by atomic mass is 15.1. The van der Waals surface area contributed by atoms with Crippen LogP contribution in [0.4, 0.5) is 0 Å². The third-order valence-electron chi connectivity index (χ3n) is 6.48. The van der Waals surface area contributed by atoms with Crippen molar-refractivity contribution in [1.29, 1.82) is 0 Å². The number of nitrogens with zero attached hydrogens (tertiary/aromatic N) is 5. The molecule has 38 heavy (non-hydrogen) atoms. The lowest BCUT2D eigenvalue weighted by Gasteiger charge is -2.02. The van der Waals surface area contributed by atoms with Gasteiger partial charge in [0, 0.05) is 29.1 Å². The molecule has 4 aliphatic rings. The topological polar surface area (TPSA) is 64.5 Å². The fraction of sp³-hybridized carbons (Fsp3) is 0. The van der Waals surface area contributed by atoms with Crippen LogP contribution < -0.4 is 0 Å². The molecule has 0 bridgehead atoms. The first-order chi connectivity index (χ1) is 18.7. The minimum atomic E-state index is 0.723. The Kier molecular flexibility index (Phi) is 6.08. The standard InChI is InChI=1S/C33H23N5/c1-3-22-17-26-7-5-15-34-30(26)13-9-24(22)19-28-11-12-29-32(37-38-33(29)21-36-28)20-25-10-14-31-27(8-6-16-35-31)18-23(25)4-2/h3-21H,1-2H2/b24-19+,25-20+. The van der Waals surface area contributed by atoms with E-state index in [4.69, 9.17) is 0 Å². The molecule has 4 heterocycles. The monoisotopic (exact) mass is 489 g/mol. The van der Waals surface area contributed by atoms with Crippen molar-refractivity contribution < 1.29 is 0 Å². The first-order valence-electron chi connectivity index (χ1n) is 12.2. The molecule has 0 spiro atoms. The molecule has 2 aromatic rings. The van der Waals surface area contributed by atoms with Crippen LogP contribution in [0.1, 0.15) is 33.9 Å². The fourth-order valence-corrected chi connectivity index (χ4v) is 4.49. The van der Waals surface area contributed by atoms with Crippen molar-refractivity contribution in [2.75, 3.05) is 0 Å². The molecule has 6 rings (SSSR count). The van der Waals surface area contributed by atoms with E-state index in [2.05, 4.69) is 50.5 Å². The molecule has 2 aliphatic heterocycles. The first-order valence-corrected chi connectivity index (χ1v) is 12.2. The van der Waals surface area contributed by atoms with Crippen LogP contribution in [0.5, 0.6) is 0 Å². The second-order valence-electron chi connectivity index (χ2n) is 8.83. The van der Waals surface area contributed by atoms with E-state index < -0.39 is 0 Å². The Balaban J connectivity index is 1.38. The summed E-state index contributed by atoms with van der Waals surface area (Å²) < 4.78 is 0. The molecule has 2 aromatic heterocycles. The molecule has 180 valence electrons. The van der Waals surface area contributed by atoms with Crippen LogP contribution in [0.2, 0.25) is 0 Å². The van der Waals surface area contributed by atoms with E-state index in [-0.39, 0.29) is 0 Å². The lowest BCUT2D eigenvalue weighted by atomic mass is 10.0. The molecular formula is C33H23N5. The van der Waals surface area contributed by atoms with E-state index in [0.717, 1.165) is 67.5 Å². The number of hydrogen-bond acceptors (Lipinski definition) is 5. The summed E-state index contributed by atoms with van der Waals surface area (Å²) in [7, 11) is 0. The van der Waals surface area contributed by atoms with Gasteiger partial charge in [0.05, 0.1) is 29.0 Å². The first kappa shape index (κ1) is 23.1. The molecule has 5 heteroatoms. The summed E-state index contributed by atoms with van der Waals surface area (Å²) in [5.74, 6) is 0. The Morgan fingerprint density at radius 3 is 1.89 bits per heavy atom. The second kappa shape index (κ2) is 9.99. The Hall–Kier alpha value is -5.29. The van der Waals surface area contributed by atoms with Gasteiger partial charge in [-0.05, 0) is 83.0 Å². The highest BCUT2D eigenvalue weighted by Crippen LogP contribution is 2.30. The number of rotatable bonds is 4. The number of allylic oxidation sites excluding steroid dienone is 8. The van der Waals surface area contributed by atoms with Crippen LogP contribution in [0.25, 0.3) is 47.7 Å². The highest BCUT2D eigenvalue weighted by Gasteiger charge is 2.14. The van der Waals surface area contributed by atoms with E-state index in [1.807, 2.05) is 85.0 Å². The zero-order valence-corrected chi connectivity index (χ0v) is 20.6. The molecule has 0 atom stereocenters. The average Bonchev–Trinajstić information content (AvgIpc) is 3.09. The predicted molar refractivity (Wildman–Crippen MR) is 155 cm³/mol. The maximum absolute atomic E-state index is 4.68. The summed E-state index contributed by atoms with van der Waals surface area (Å²) in [6.45, 7) is 8.02. The van der Waals surface area contributed by atoms with Gasteiger partial charge in [0.1, 0.15) is 5.69 Å². The van der Waals surface area contributed by atoms with Gasteiger partial charge in [-0.3, -0.25) is 15.0 Å². The van der Waals surface area contributed by atoms with Gasteiger partial charge in [0.2, 0.25) is 0 Å². The van der Waals surface area contributed by atoms with Crippen LogP contribution in [-0.2, 0) is 0 Å². The molecule has 0 radical (unpaired) electrons. The van der Waals surface area contributed by atoms with E-state index in [0.29, 0.717) is 0 Å². The van der Waals surface area contributed by atoms with Crippen molar-refractivity contribution in [1.82, 2.24) is 25.1 Å². The Bertz CT molecular complexity index is 1750. The van der Waals surface area contributed by atoms with E-state index in [1.165, 1.54) is 0 Å². The third-order valence-corrected chi connectivity index (χ3v) is 6.48. The molecular weight excluding hydrogens is 466 g/mol. The molecule has 0 amide bonds. The zero-order chi connectivity index (χ0) is 25.9. The second-order valence-corrected chi connectivity index (χ2v) is 8.83. The quantitative estimate of drug-likeness (QED) is 0.305. The predicted octanol–water partition coefficient (Wildman–Crippen LogP) is 7.13. The lowest BCUT2D eigenvalue weighted by molar-refractivity contribution is 1.08. The number of fused-ring (bicyclic) bond motifs is 3. The van der Waals surface area contributed by atoms with Gasteiger partial charge in [0.25, 0.3) is 0 Å². The molecule has 0 aromatic carbocycles. The van der Waals surface area contributed by atoms with Crippen molar-refractivity contribution in [3.8, 4) is 11.3 Å². The minimum Gasteiger partial charge on any atom is -0.256 e. The minimum absolute atomic E-state index is 0.723. The maximum atomic E-state index is 4.68. The van der Waals surface area contributed by atoms with Gasteiger partial charge >= 0.3 is 0 Å². The van der Waals surface area contributed by atoms with Crippen LogP contribution in [0, 0.1) is 0 Å².